The number of nitrogens with zero attached hydrogens (tertiary/aromatic N) is 3. The van der Waals surface area contributed by atoms with Gasteiger partial charge in [-0.15, -0.1) is 0 Å². The van der Waals surface area contributed by atoms with Crippen LogP contribution >= 0.6 is 11.8 Å². The first-order valence-corrected chi connectivity index (χ1v) is 5.74. The molecule has 3 nitrogen and oxygen atoms in total. The molecule has 1 aromatic rings. The average Bonchev–Trinajstić information content (AvgIpc) is 2.30. The predicted octanol–water partition coefficient (Wildman–Crippen LogP) is 1.51. The van der Waals surface area contributed by atoms with Gasteiger partial charge in [-0.3, -0.25) is 0 Å². The van der Waals surface area contributed by atoms with E-state index in [1.165, 1.54) is 11.5 Å². The lowest BCUT2D eigenvalue weighted by Gasteiger charge is -2.28. The van der Waals surface area contributed by atoms with Gasteiger partial charge in [-0.2, -0.15) is 17.0 Å². The zero-order valence-electron chi connectivity index (χ0n) is 7.81. The van der Waals surface area contributed by atoms with Gasteiger partial charge in [0.25, 0.3) is 0 Å². The summed E-state index contributed by atoms with van der Waals surface area (Å²) < 4.78 is 0. The van der Waals surface area contributed by atoms with Crippen LogP contribution in [0, 0.1) is 11.3 Å². The Morgan fingerprint density at radius 1 is 1.43 bits per heavy atom. The van der Waals surface area contributed by atoms with E-state index in [9.17, 15) is 0 Å². The molecule has 0 spiro atoms. The number of anilines is 1. The van der Waals surface area contributed by atoms with Gasteiger partial charge in [-0.05, 0) is 12.1 Å². The molecule has 1 saturated heterocycles. The second kappa shape index (κ2) is 4.34. The second-order valence-electron chi connectivity index (χ2n) is 3.11. The van der Waals surface area contributed by atoms with Crippen molar-refractivity contribution in [3.63, 3.8) is 0 Å². The maximum atomic E-state index is 8.73. The standard InChI is InChI=1S/C10H11N3S/c11-8-9-7-10(1-2-12-9)13-3-5-14-6-4-13/h1-2,7H,3-6H2. The van der Waals surface area contributed by atoms with Gasteiger partial charge in [-0.1, -0.05) is 0 Å². The Kier molecular flexibility index (Phi) is 2.90. The van der Waals surface area contributed by atoms with Crippen molar-refractivity contribution in [1.82, 2.24) is 4.98 Å². The van der Waals surface area contributed by atoms with Crippen molar-refractivity contribution in [1.29, 1.82) is 5.26 Å². The number of nitriles is 1. The van der Waals surface area contributed by atoms with E-state index in [0.717, 1.165) is 18.8 Å². The first-order chi connectivity index (χ1) is 6.90. The molecule has 1 aromatic heterocycles. The molecule has 72 valence electrons. The van der Waals surface area contributed by atoms with E-state index in [1.54, 1.807) is 6.20 Å². The van der Waals surface area contributed by atoms with Crippen molar-refractivity contribution in [2.45, 2.75) is 0 Å². The summed E-state index contributed by atoms with van der Waals surface area (Å²) in [5.74, 6) is 2.34. The van der Waals surface area contributed by atoms with E-state index in [2.05, 4.69) is 16.0 Å². The fourth-order valence-electron chi connectivity index (χ4n) is 1.50. The van der Waals surface area contributed by atoms with Crippen molar-refractivity contribution in [2.75, 3.05) is 29.5 Å². The van der Waals surface area contributed by atoms with Gasteiger partial charge in [0.2, 0.25) is 0 Å². The van der Waals surface area contributed by atoms with Crippen molar-refractivity contribution >= 4 is 17.4 Å². The SMILES string of the molecule is N#Cc1cc(N2CCSCC2)ccn1. The molecule has 1 aliphatic rings. The summed E-state index contributed by atoms with van der Waals surface area (Å²) in [7, 11) is 0. The van der Waals surface area contributed by atoms with Gasteiger partial charge >= 0.3 is 0 Å². The second-order valence-corrected chi connectivity index (χ2v) is 4.34. The Morgan fingerprint density at radius 3 is 2.93 bits per heavy atom. The predicted molar refractivity (Wildman–Crippen MR) is 58.5 cm³/mol. The largest absolute Gasteiger partial charge is 0.370 e. The summed E-state index contributed by atoms with van der Waals surface area (Å²) in [5, 5.41) is 8.73. The van der Waals surface area contributed by atoms with Crippen LogP contribution in [0.1, 0.15) is 5.69 Å². The van der Waals surface area contributed by atoms with Gasteiger partial charge < -0.3 is 4.90 Å². The van der Waals surface area contributed by atoms with Gasteiger partial charge in [0.15, 0.2) is 0 Å². The van der Waals surface area contributed by atoms with Crippen molar-refractivity contribution in [3.8, 4) is 6.07 Å². The van der Waals surface area contributed by atoms with Gasteiger partial charge in [0, 0.05) is 36.5 Å². The lowest BCUT2D eigenvalue weighted by atomic mass is 10.3. The number of rotatable bonds is 1. The Hall–Kier alpha value is -1.21. The molecular formula is C10H11N3S. The average molecular weight is 205 g/mol. The minimum Gasteiger partial charge on any atom is -0.370 e. The van der Waals surface area contributed by atoms with Crippen LogP contribution in [0.3, 0.4) is 0 Å². The first-order valence-electron chi connectivity index (χ1n) is 4.59. The zero-order valence-corrected chi connectivity index (χ0v) is 8.63. The maximum absolute atomic E-state index is 8.73. The molecule has 0 amide bonds. The van der Waals surface area contributed by atoms with Crippen molar-refractivity contribution in [2.24, 2.45) is 0 Å². The summed E-state index contributed by atoms with van der Waals surface area (Å²) in [6, 6.07) is 5.89. The van der Waals surface area contributed by atoms with E-state index in [-0.39, 0.29) is 0 Å². The van der Waals surface area contributed by atoms with E-state index in [1.807, 2.05) is 23.9 Å². The van der Waals surface area contributed by atoms with Crippen molar-refractivity contribution in [3.05, 3.63) is 24.0 Å². The van der Waals surface area contributed by atoms with E-state index < -0.39 is 0 Å². The summed E-state index contributed by atoms with van der Waals surface area (Å²) >= 11 is 1.98. The quantitative estimate of drug-likeness (QED) is 0.696. The maximum Gasteiger partial charge on any atom is 0.142 e. The smallest absolute Gasteiger partial charge is 0.142 e. The van der Waals surface area contributed by atoms with Crippen LogP contribution in [0.15, 0.2) is 18.3 Å². The summed E-state index contributed by atoms with van der Waals surface area (Å²) in [4.78, 5) is 6.26. The molecule has 1 fully saturated rings. The highest BCUT2D eigenvalue weighted by Crippen LogP contribution is 2.18. The fourth-order valence-corrected chi connectivity index (χ4v) is 2.40. The molecule has 0 N–H and O–H groups in total. The number of thioether (sulfide) groups is 1. The molecule has 0 unspecified atom stereocenters. The Balaban J connectivity index is 2.18. The zero-order chi connectivity index (χ0) is 9.80. The third-order valence-corrected chi connectivity index (χ3v) is 3.18. The Bertz CT molecular complexity index is 353. The van der Waals surface area contributed by atoms with Crippen LogP contribution in [0.2, 0.25) is 0 Å². The number of hydrogen-bond acceptors (Lipinski definition) is 4. The normalized spacial score (nSPS) is 16.4. The van der Waals surface area contributed by atoms with Crippen LogP contribution in [0.5, 0.6) is 0 Å². The minimum absolute atomic E-state index is 0.501. The molecule has 0 radical (unpaired) electrons. The molecule has 14 heavy (non-hydrogen) atoms. The first kappa shape index (κ1) is 9.35. The third kappa shape index (κ3) is 1.99. The molecule has 1 aliphatic heterocycles. The summed E-state index contributed by atoms with van der Waals surface area (Å²) in [6.45, 7) is 2.14. The van der Waals surface area contributed by atoms with Crippen LogP contribution in [0.4, 0.5) is 5.69 Å². The lowest BCUT2D eigenvalue weighted by Crippen LogP contribution is -2.32. The van der Waals surface area contributed by atoms with Crippen LogP contribution in [-0.2, 0) is 0 Å². The Morgan fingerprint density at radius 2 is 2.21 bits per heavy atom. The number of aromatic nitrogens is 1. The highest BCUT2D eigenvalue weighted by atomic mass is 32.2. The lowest BCUT2D eigenvalue weighted by molar-refractivity contribution is 0.857. The molecule has 4 heteroatoms. The molecule has 0 saturated carbocycles. The van der Waals surface area contributed by atoms with E-state index in [0.29, 0.717) is 5.69 Å². The molecule has 0 bridgehead atoms. The highest BCUT2D eigenvalue weighted by Gasteiger charge is 2.11. The van der Waals surface area contributed by atoms with E-state index in [4.69, 9.17) is 5.26 Å². The van der Waals surface area contributed by atoms with Crippen LogP contribution < -0.4 is 4.90 Å². The molecule has 2 rings (SSSR count). The monoisotopic (exact) mass is 205 g/mol. The minimum atomic E-state index is 0.501. The van der Waals surface area contributed by atoms with Gasteiger partial charge in [0.05, 0.1) is 0 Å². The topological polar surface area (TPSA) is 39.9 Å². The van der Waals surface area contributed by atoms with Crippen molar-refractivity contribution < 1.29 is 0 Å². The molecular weight excluding hydrogens is 194 g/mol. The molecule has 0 aliphatic carbocycles. The molecule has 0 atom stereocenters. The Labute approximate surface area is 87.7 Å². The summed E-state index contributed by atoms with van der Waals surface area (Å²) in [5.41, 5.74) is 1.62. The molecule has 0 aromatic carbocycles. The highest BCUT2D eigenvalue weighted by molar-refractivity contribution is 7.99. The third-order valence-electron chi connectivity index (χ3n) is 2.23. The van der Waals surface area contributed by atoms with Crippen LogP contribution in [-0.4, -0.2) is 29.6 Å². The fraction of sp³-hybridized carbons (Fsp3) is 0.400. The molecule has 2 heterocycles. The van der Waals surface area contributed by atoms with Gasteiger partial charge in [-0.25, -0.2) is 4.98 Å². The number of pyridine rings is 1. The number of hydrogen-bond donors (Lipinski definition) is 0. The van der Waals surface area contributed by atoms with E-state index >= 15 is 0 Å². The van der Waals surface area contributed by atoms with Gasteiger partial charge in [0.1, 0.15) is 11.8 Å². The summed E-state index contributed by atoms with van der Waals surface area (Å²) in [6.07, 6.45) is 1.70. The van der Waals surface area contributed by atoms with Crippen LogP contribution in [0.25, 0.3) is 0 Å².